The third-order valence-corrected chi connectivity index (χ3v) is 7.94. The number of carbonyl (C=O) groups is 1. The van der Waals surface area contributed by atoms with Crippen LogP contribution in [0.5, 0.6) is 0 Å². The van der Waals surface area contributed by atoms with Gasteiger partial charge in [-0.1, -0.05) is 67.4 Å². The van der Waals surface area contributed by atoms with Crippen LogP contribution in [0.4, 0.5) is 8.78 Å². The number of hydrogen-bond donors (Lipinski definition) is 2. The zero-order chi connectivity index (χ0) is 26.3. The van der Waals surface area contributed by atoms with Crippen molar-refractivity contribution in [2.75, 3.05) is 6.61 Å². The Morgan fingerprint density at radius 2 is 2.03 bits per heavy atom. The van der Waals surface area contributed by atoms with Crippen molar-refractivity contribution in [3.8, 4) is 6.07 Å². The number of halogens is 4. The molecular formula is C27H26Cl2F2N2O3. The molecule has 36 heavy (non-hydrogen) atoms. The highest BCUT2D eigenvalue weighted by Gasteiger charge is 2.62. The molecule has 2 aromatic carbocycles. The van der Waals surface area contributed by atoms with Crippen molar-refractivity contribution in [3.63, 3.8) is 0 Å². The van der Waals surface area contributed by atoms with E-state index in [0.717, 1.165) is 6.07 Å². The molecule has 0 radical (unpaired) electrons. The minimum Gasteiger partial charge on any atom is -0.480 e. The van der Waals surface area contributed by atoms with Crippen molar-refractivity contribution in [3.05, 3.63) is 81.4 Å². The summed E-state index contributed by atoms with van der Waals surface area (Å²) in [6.45, 7) is 4.36. The molecule has 2 N–H and O–H groups in total. The first-order valence-electron chi connectivity index (χ1n) is 11.6. The van der Waals surface area contributed by atoms with Crippen LogP contribution >= 0.6 is 23.2 Å². The van der Waals surface area contributed by atoms with Gasteiger partial charge in [0, 0.05) is 22.5 Å². The Morgan fingerprint density at radius 3 is 2.64 bits per heavy atom. The zero-order valence-electron chi connectivity index (χ0n) is 19.8. The Kier molecular flexibility index (Phi) is 7.45. The third kappa shape index (κ3) is 4.52. The first-order chi connectivity index (χ1) is 17.0. The van der Waals surface area contributed by atoms with Crippen molar-refractivity contribution in [2.45, 2.75) is 56.2 Å². The lowest BCUT2D eigenvalue weighted by Gasteiger charge is -2.41. The number of nitriles is 1. The summed E-state index contributed by atoms with van der Waals surface area (Å²) >= 11 is 12.1. The fourth-order valence-electron chi connectivity index (χ4n) is 5.66. The van der Waals surface area contributed by atoms with Crippen LogP contribution in [-0.4, -0.2) is 35.9 Å². The molecule has 2 aromatic rings. The van der Waals surface area contributed by atoms with Crippen molar-refractivity contribution in [1.29, 1.82) is 5.26 Å². The normalized spacial score (nSPS) is 28.1. The molecule has 0 aliphatic carbocycles. The van der Waals surface area contributed by atoms with E-state index in [2.05, 4.69) is 11.4 Å². The van der Waals surface area contributed by atoms with E-state index in [1.807, 2.05) is 26.0 Å². The van der Waals surface area contributed by atoms with Gasteiger partial charge in [0.05, 0.1) is 23.8 Å². The molecular weight excluding hydrogens is 509 g/mol. The molecule has 0 bridgehead atoms. The van der Waals surface area contributed by atoms with Crippen LogP contribution in [0.3, 0.4) is 0 Å². The van der Waals surface area contributed by atoms with Crippen molar-refractivity contribution < 1.29 is 23.4 Å². The Bertz CT molecular complexity index is 1250. The Hall–Kier alpha value is -2.50. The molecule has 9 heteroatoms. The molecule has 2 aliphatic heterocycles. The van der Waals surface area contributed by atoms with Gasteiger partial charge in [0.15, 0.2) is 0 Å². The van der Waals surface area contributed by atoms with E-state index < -0.39 is 46.4 Å². The molecule has 0 amide bonds. The van der Waals surface area contributed by atoms with Crippen LogP contribution in [0.1, 0.15) is 43.7 Å². The second-order valence-electron chi connectivity index (χ2n) is 9.98. The summed E-state index contributed by atoms with van der Waals surface area (Å²) in [5.74, 6) is -4.19. The molecule has 1 unspecified atom stereocenters. The smallest absolute Gasteiger partial charge is 0.321 e. The average molecular weight is 535 g/mol. The monoisotopic (exact) mass is 534 g/mol. The van der Waals surface area contributed by atoms with Crippen LogP contribution in [0.2, 0.25) is 10.0 Å². The summed E-state index contributed by atoms with van der Waals surface area (Å²) in [7, 11) is 0. The predicted molar refractivity (Wildman–Crippen MR) is 133 cm³/mol. The second-order valence-corrected chi connectivity index (χ2v) is 10.8. The summed E-state index contributed by atoms with van der Waals surface area (Å²) in [4.78, 5) is 12.5. The Labute approximate surface area is 218 Å². The highest BCUT2D eigenvalue weighted by Crippen LogP contribution is 2.53. The lowest BCUT2D eigenvalue weighted by atomic mass is 9.62. The maximum Gasteiger partial charge on any atom is 0.321 e. The summed E-state index contributed by atoms with van der Waals surface area (Å²) in [6.07, 6.45) is 4.62. The van der Waals surface area contributed by atoms with E-state index in [-0.39, 0.29) is 33.7 Å². The molecule has 2 aliphatic rings. The largest absolute Gasteiger partial charge is 0.480 e. The van der Waals surface area contributed by atoms with Crippen LogP contribution < -0.4 is 5.32 Å². The molecule has 1 fully saturated rings. The van der Waals surface area contributed by atoms with Gasteiger partial charge in [0.2, 0.25) is 0 Å². The van der Waals surface area contributed by atoms with E-state index in [0.29, 0.717) is 13.0 Å². The Morgan fingerprint density at radius 1 is 1.28 bits per heavy atom. The summed E-state index contributed by atoms with van der Waals surface area (Å²) < 4.78 is 36.9. The molecule has 0 spiro atoms. The number of rotatable bonds is 6. The van der Waals surface area contributed by atoms with Gasteiger partial charge in [-0.25, -0.2) is 8.78 Å². The van der Waals surface area contributed by atoms with Gasteiger partial charge in [-0.3, -0.25) is 10.1 Å². The van der Waals surface area contributed by atoms with Gasteiger partial charge in [-0.15, -0.1) is 0 Å². The zero-order valence-corrected chi connectivity index (χ0v) is 21.3. The number of aliphatic carboxylic acids is 1. The fourth-order valence-corrected chi connectivity index (χ4v) is 6.00. The standard InChI is InChI=1S/C27H26Cl2F2N2O3/c1-26(2,21-8-3-4-11-36-21)13-20-27(14-32,17-10-9-15(28)12-19(17)30)22(24(33-20)25(34)35)16-6-5-7-18(29)23(16)31/h3-7,9-10,12,20-22,24,33H,8,11,13H2,1-2H3,(H,34,35)/t20-,21?,22-,24+,27-/m0/s1. The molecule has 1 saturated heterocycles. The average Bonchev–Trinajstić information content (AvgIpc) is 3.15. The first kappa shape index (κ1) is 26.6. The predicted octanol–water partition coefficient (Wildman–Crippen LogP) is 6.00. The lowest BCUT2D eigenvalue weighted by molar-refractivity contribution is -0.139. The number of nitrogens with zero attached hydrogens (tertiary/aromatic N) is 1. The number of carboxylic acids is 1. The molecule has 0 saturated carbocycles. The highest BCUT2D eigenvalue weighted by molar-refractivity contribution is 6.31. The van der Waals surface area contributed by atoms with Gasteiger partial charge in [-0.05, 0) is 42.0 Å². The van der Waals surface area contributed by atoms with Gasteiger partial charge >= 0.3 is 5.97 Å². The second kappa shape index (κ2) is 10.1. The lowest BCUT2D eigenvalue weighted by Crippen LogP contribution is -2.48. The number of benzene rings is 2. The summed E-state index contributed by atoms with van der Waals surface area (Å²) in [5, 5.41) is 23.9. The molecule has 2 heterocycles. The number of carboxylic acid groups (broad SMARTS) is 1. The minimum atomic E-state index is -1.80. The van der Waals surface area contributed by atoms with Crippen molar-refractivity contribution >= 4 is 29.2 Å². The van der Waals surface area contributed by atoms with Gasteiger partial charge in [0.25, 0.3) is 0 Å². The van der Waals surface area contributed by atoms with Crippen LogP contribution in [0.15, 0.2) is 48.6 Å². The summed E-state index contributed by atoms with van der Waals surface area (Å²) in [6, 6.07) is 8.09. The van der Waals surface area contributed by atoms with E-state index in [1.54, 1.807) is 0 Å². The summed E-state index contributed by atoms with van der Waals surface area (Å²) in [5.41, 5.74) is -2.47. The highest BCUT2D eigenvalue weighted by atomic mass is 35.5. The van der Waals surface area contributed by atoms with Crippen molar-refractivity contribution in [2.24, 2.45) is 5.41 Å². The van der Waals surface area contributed by atoms with E-state index in [1.165, 1.54) is 30.3 Å². The first-order valence-corrected chi connectivity index (χ1v) is 12.3. The maximum absolute atomic E-state index is 15.5. The van der Waals surface area contributed by atoms with E-state index in [4.69, 9.17) is 27.9 Å². The molecule has 190 valence electrons. The van der Waals surface area contributed by atoms with Gasteiger partial charge in [-0.2, -0.15) is 5.26 Å². The molecule has 5 nitrogen and oxygen atoms in total. The van der Waals surface area contributed by atoms with Gasteiger partial charge < -0.3 is 9.84 Å². The van der Waals surface area contributed by atoms with Crippen LogP contribution in [-0.2, 0) is 14.9 Å². The SMILES string of the molecule is CC(C)(C[C@@H]1N[C@@H](C(=O)O)[C@H](c2cccc(Cl)c2F)[C@@]1(C#N)c1ccc(Cl)cc1F)C1CC=CCO1. The van der Waals surface area contributed by atoms with E-state index in [9.17, 15) is 15.2 Å². The van der Waals surface area contributed by atoms with Gasteiger partial charge in [0.1, 0.15) is 23.1 Å². The van der Waals surface area contributed by atoms with E-state index >= 15 is 8.78 Å². The molecule has 5 atom stereocenters. The third-order valence-electron chi connectivity index (χ3n) is 7.41. The van der Waals surface area contributed by atoms with Crippen LogP contribution in [0, 0.1) is 28.4 Å². The number of nitrogens with one attached hydrogen (secondary N) is 1. The quantitative estimate of drug-likeness (QED) is 0.444. The maximum atomic E-state index is 15.5. The Balaban J connectivity index is 1.94. The number of hydrogen-bond acceptors (Lipinski definition) is 4. The minimum absolute atomic E-state index is 0.0553. The molecule has 0 aromatic heterocycles. The van der Waals surface area contributed by atoms with Crippen molar-refractivity contribution in [1.82, 2.24) is 5.32 Å². The fraction of sp³-hybridized carbons (Fsp3) is 0.407. The molecule has 4 rings (SSSR count). The topological polar surface area (TPSA) is 82.4 Å². The number of ether oxygens (including phenoxy) is 1. The van der Waals surface area contributed by atoms with Crippen LogP contribution in [0.25, 0.3) is 0 Å².